The van der Waals surface area contributed by atoms with Gasteiger partial charge in [0.1, 0.15) is 11.5 Å². The van der Waals surface area contributed by atoms with Gasteiger partial charge in [-0.05, 0) is 68.8 Å². The first-order valence-electron chi connectivity index (χ1n) is 8.31. The first kappa shape index (κ1) is 18.5. The molecule has 1 N–H and O–H groups in total. The third-order valence-corrected chi connectivity index (χ3v) is 3.54. The number of hydrogen-bond donors (Lipinski definition) is 1. The van der Waals surface area contributed by atoms with E-state index in [2.05, 4.69) is 5.32 Å². The Hall–Kier alpha value is -2.82. The monoisotopic (exact) mass is 341 g/mol. The molecule has 0 saturated heterocycles. The summed E-state index contributed by atoms with van der Waals surface area (Å²) in [6.07, 6.45) is 0.290. The van der Waals surface area contributed by atoms with E-state index in [-0.39, 0.29) is 11.7 Å². The summed E-state index contributed by atoms with van der Waals surface area (Å²) in [6, 6.07) is 13.9. The first-order chi connectivity index (χ1) is 12.0. The minimum Gasteiger partial charge on any atom is -0.494 e. The molecule has 1 amide bonds. The van der Waals surface area contributed by atoms with E-state index in [1.807, 2.05) is 19.1 Å². The molecule has 0 heterocycles. The zero-order chi connectivity index (χ0) is 18.2. The molecule has 1 atom stereocenters. The van der Waals surface area contributed by atoms with Crippen LogP contribution in [0.3, 0.4) is 0 Å². The van der Waals surface area contributed by atoms with Gasteiger partial charge in [0.25, 0.3) is 5.91 Å². The molecule has 2 aromatic carbocycles. The Kier molecular flexibility index (Phi) is 6.57. The normalized spacial score (nSPS) is 11.5. The lowest BCUT2D eigenvalue weighted by Crippen LogP contribution is -2.30. The number of nitrogens with one attached hydrogen (secondary N) is 1. The second kappa shape index (κ2) is 8.87. The van der Waals surface area contributed by atoms with Crippen LogP contribution in [0.1, 0.15) is 37.6 Å². The number of ether oxygens (including phenoxy) is 2. The SMILES string of the molecule is CCCOc1ccc(OC(C)C(=O)Nc2ccc(C(C)=O)cc2)cc1. The lowest BCUT2D eigenvalue weighted by molar-refractivity contribution is -0.122. The third kappa shape index (κ3) is 5.64. The predicted molar refractivity (Wildman–Crippen MR) is 97.4 cm³/mol. The molecule has 1 unspecified atom stereocenters. The fourth-order valence-corrected chi connectivity index (χ4v) is 2.12. The topological polar surface area (TPSA) is 64.6 Å². The maximum atomic E-state index is 12.2. The summed E-state index contributed by atoms with van der Waals surface area (Å²) < 4.78 is 11.2. The smallest absolute Gasteiger partial charge is 0.265 e. The molecule has 25 heavy (non-hydrogen) atoms. The van der Waals surface area contributed by atoms with Gasteiger partial charge in [0, 0.05) is 11.3 Å². The molecule has 5 heteroatoms. The number of carbonyl (C=O) groups is 2. The zero-order valence-electron chi connectivity index (χ0n) is 14.7. The molecule has 5 nitrogen and oxygen atoms in total. The van der Waals surface area contributed by atoms with E-state index < -0.39 is 6.10 Å². The standard InChI is InChI=1S/C20H23NO4/c1-4-13-24-18-9-11-19(12-10-18)25-15(3)20(23)21-17-7-5-16(6-8-17)14(2)22/h5-12,15H,4,13H2,1-3H3,(H,21,23). The second-order valence-electron chi connectivity index (χ2n) is 5.70. The third-order valence-electron chi connectivity index (χ3n) is 3.54. The largest absolute Gasteiger partial charge is 0.494 e. The van der Waals surface area contributed by atoms with Gasteiger partial charge >= 0.3 is 0 Å². The van der Waals surface area contributed by atoms with Crippen molar-refractivity contribution < 1.29 is 19.1 Å². The average molecular weight is 341 g/mol. The van der Waals surface area contributed by atoms with Crippen molar-refractivity contribution in [2.45, 2.75) is 33.3 Å². The Bertz CT molecular complexity index is 707. The average Bonchev–Trinajstić information content (AvgIpc) is 2.61. The van der Waals surface area contributed by atoms with E-state index in [1.165, 1.54) is 6.92 Å². The number of carbonyl (C=O) groups excluding carboxylic acids is 2. The summed E-state index contributed by atoms with van der Waals surface area (Å²) in [7, 11) is 0. The Morgan fingerprint density at radius 2 is 1.60 bits per heavy atom. The Morgan fingerprint density at radius 3 is 2.16 bits per heavy atom. The molecule has 132 valence electrons. The van der Waals surface area contributed by atoms with Gasteiger partial charge in [0.2, 0.25) is 0 Å². The fourth-order valence-electron chi connectivity index (χ4n) is 2.12. The van der Waals surface area contributed by atoms with Crippen LogP contribution >= 0.6 is 0 Å². The van der Waals surface area contributed by atoms with Crippen LogP contribution in [0.5, 0.6) is 11.5 Å². The van der Waals surface area contributed by atoms with Crippen LogP contribution in [0.2, 0.25) is 0 Å². The summed E-state index contributed by atoms with van der Waals surface area (Å²) in [5.74, 6) is 1.10. The number of benzene rings is 2. The van der Waals surface area contributed by atoms with E-state index in [4.69, 9.17) is 9.47 Å². The highest BCUT2D eigenvalue weighted by Gasteiger charge is 2.15. The van der Waals surface area contributed by atoms with Gasteiger partial charge < -0.3 is 14.8 Å². The van der Waals surface area contributed by atoms with Crippen LogP contribution in [0.25, 0.3) is 0 Å². The number of rotatable bonds is 8. The van der Waals surface area contributed by atoms with Crippen LogP contribution < -0.4 is 14.8 Å². The van der Waals surface area contributed by atoms with Crippen LogP contribution in [0.4, 0.5) is 5.69 Å². The van der Waals surface area contributed by atoms with Crippen molar-refractivity contribution >= 4 is 17.4 Å². The van der Waals surface area contributed by atoms with Crippen LogP contribution in [-0.2, 0) is 4.79 Å². The number of hydrogen-bond acceptors (Lipinski definition) is 4. The number of Topliss-reactive ketones (excluding diaryl/α,β-unsaturated/α-hetero) is 1. The molecule has 0 bridgehead atoms. The zero-order valence-corrected chi connectivity index (χ0v) is 14.7. The van der Waals surface area contributed by atoms with E-state index >= 15 is 0 Å². The summed E-state index contributed by atoms with van der Waals surface area (Å²) in [6.45, 7) is 5.90. The Labute approximate surface area is 148 Å². The lowest BCUT2D eigenvalue weighted by Gasteiger charge is -2.15. The van der Waals surface area contributed by atoms with Gasteiger partial charge in [-0.3, -0.25) is 9.59 Å². The van der Waals surface area contributed by atoms with Crippen molar-refractivity contribution in [3.8, 4) is 11.5 Å². The van der Waals surface area contributed by atoms with E-state index in [0.717, 1.165) is 12.2 Å². The van der Waals surface area contributed by atoms with Crippen molar-refractivity contribution in [3.05, 3.63) is 54.1 Å². The fraction of sp³-hybridized carbons (Fsp3) is 0.300. The van der Waals surface area contributed by atoms with E-state index in [9.17, 15) is 9.59 Å². The van der Waals surface area contributed by atoms with Crippen molar-refractivity contribution in [1.29, 1.82) is 0 Å². The quantitative estimate of drug-likeness (QED) is 0.735. The van der Waals surface area contributed by atoms with Crippen molar-refractivity contribution in [3.63, 3.8) is 0 Å². The molecule has 0 aromatic heterocycles. The summed E-state index contributed by atoms with van der Waals surface area (Å²) >= 11 is 0. The number of anilines is 1. The van der Waals surface area contributed by atoms with E-state index in [1.54, 1.807) is 43.3 Å². The summed E-state index contributed by atoms with van der Waals surface area (Å²) in [5, 5.41) is 2.77. The maximum Gasteiger partial charge on any atom is 0.265 e. The minimum atomic E-state index is -0.658. The highest BCUT2D eigenvalue weighted by atomic mass is 16.5. The number of ketones is 1. The highest BCUT2D eigenvalue weighted by molar-refractivity contribution is 5.96. The van der Waals surface area contributed by atoms with Gasteiger partial charge in [-0.15, -0.1) is 0 Å². The van der Waals surface area contributed by atoms with Gasteiger partial charge in [0.05, 0.1) is 6.61 Å². The molecule has 2 rings (SSSR count). The van der Waals surface area contributed by atoms with Gasteiger partial charge in [-0.2, -0.15) is 0 Å². The molecule has 0 aliphatic rings. The molecule has 0 aliphatic carbocycles. The van der Waals surface area contributed by atoms with E-state index in [0.29, 0.717) is 23.6 Å². The molecule has 0 fully saturated rings. The lowest BCUT2D eigenvalue weighted by atomic mass is 10.1. The predicted octanol–water partition coefficient (Wildman–Crippen LogP) is 4.08. The molecule has 0 radical (unpaired) electrons. The number of amides is 1. The first-order valence-corrected chi connectivity index (χ1v) is 8.31. The minimum absolute atomic E-state index is 0.0130. The molecule has 0 spiro atoms. The van der Waals surface area contributed by atoms with Crippen molar-refractivity contribution in [1.82, 2.24) is 0 Å². The van der Waals surface area contributed by atoms with Crippen LogP contribution in [0.15, 0.2) is 48.5 Å². The van der Waals surface area contributed by atoms with Gasteiger partial charge in [-0.1, -0.05) is 6.92 Å². The van der Waals surface area contributed by atoms with Crippen molar-refractivity contribution in [2.24, 2.45) is 0 Å². The molecule has 0 saturated carbocycles. The summed E-state index contributed by atoms with van der Waals surface area (Å²) in [5.41, 5.74) is 1.22. The Morgan fingerprint density at radius 1 is 1.00 bits per heavy atom. The maximum absolute atomic E-state index is 12.2. The van der Waals surface area contributed by atoms with Crippen LogP contribution in [-0.4, -0.2) is 24.4 Å². The Balaban J connectivity index is 1.90. The van der Waals surface area contributed by atoms with Crippen LogP contribution in [0, 0.1) is 0 Å². The molecule has 0 aliphatic heterocycles. The molecule has 2 aromatic rings. The highest BCUT2D eigenvalue weighted by Crippen LogP contribution is 2.19. The second-order valence-corrected chi connectivity index (χ2v) is 5.70. The van der Waals surface area contributed by atoms with Crippen molar-refractivity contribution in [2.75, 3.05) is 11.9 Å². The van der Waals surface area contributed by atoms with Gasteiger partial charge in [-0.25, -0.2) is 0 Å². The molecular formula is C20H23NO4. The molecular weight excluding hydrogens is 318 g/mol. The summed E-state index contributed by atoms with van der Waals surface area (Å²) in [4.78, 5) is 23.5. The van der Waals surface area contributed by atoms with Gasteiger partial charge in [0.15, 0.2) is 11.9 Å².